The summed E-state index contributed by atoms with van der Waals surface area (Å²) in [6.45, 7) is 12.1. The van der Waals surface area contributed by atoms with Crippen LogP contribution >= 0.6 is 15.6 Å². The topological polar surface area (TPSA) is 237 Å². The highest BCUT2D eigenvalue weighted by atomic mass is 31.2. The van der Waals surface area contributed by atoms with Crippen LogP contribution in [0.5, 0.6) is 0 Å². The molecule has 17 nitrogen and oxygen atoms in total. The molecule has 4 unspecified atom stereocenters. The lowest BCUT2D eigenvalue weighted by Gasteiger charge is -2.21. The van der Waals surface area contributed by atoms with E-state index in [0.29, 0.717) is 31.6 Å². The summed E-state index contributed by atoms with van der Waals surface area (Å²) in [5.74, 6) is 0.321. The van der Waals surface area contributed by atoms with Gasteiger partial charge in [0.1, 0.15) is 19.3 Å². The molecule has 0 radical (unpaired) electrons. The number of ether oxygens (including phenoxy) is 4. The average Bonchev–Trinajstić information content (AvgIpc) is 0.899. The molecule has 0 fully saturated rings. The van der Waals surface area contributed by atoms with E-state index in [4.69, 9.17) is 37.0 Å². The van der Waals surface area contributed by atoms with E-state index in [-0.39, 0.29) is 25.7 Å². The molecule has 0 aliphatic carbocycles. The van der Waals surface area contributed by atoms with Gasteiger partial charge in [0.25, 0.3) is 0 Å². The van der Waals surface area contributed by atoms with Crippen LogP contribution in [-0.4, -0.2) is 96.7 Å². The lowest BCUT2D eigenvalue weighted by atomic mass is 9.99. The highest BCUT2D eigenvalue weighted by molar-refractivity contribution is 7.47. The van der Waals surface area contributed by atoms with Gasteiger partial charge < -0.3 is 33.8 Å². The zero-order chi connectivity index (χ0) is 80.8. The lowest BCUT2D eigenvalue weighted by Crippen LogP contribution is -2.30. The van der Waals surface area contributed by atoms with Gasteiger partial charge in [0.2, 0.25) is 0 Å². The van der Waals surface area contributed by atoms with Gasteiger partial charge in [-0.15, -0.1) is 0 Å². The smallest absolute Gasteiger partial charge is 0.462 e. The minimum Gasteiger partial charge on any atom is -0.462 e. The molecule has 7 atom stereocenters. The van der Waals surface area contributed by atoms with E-state index in [0.717, 1.165) is 108 Å². The van der Waals surface area contributed by atoms with Crippen molar-refractivity contribution < 1.29 is 80.2 Å². The zero-order valence-corrected chi connectivity index (χ0v) is 74.5. The molecule has 3 N–H and O–H groups in total. The second-order valence-corrected chi connectivity index (χ2v) is 36.6. The monoisotopic (exact) mass is 1610 g/mol. The van der Waals surface area contributed by atoms with Crippen LogP contribution in [0.2, 0.25) is 0 Å². The maximum Gasteiger partial charge on any atom is 0.472 e. The highest BCUT2D eigenvalue weighted by Gasteiger charge is 2.31. The fourth-order valence-corrected chi connectivity index (χ4v) is 15.8. The first-order chi connectivity index (χ1) is 53.3. The van der Waals surface area contributed by atoms with Crippen LogP contribution in [0, 0.1) is 17.8 Å². The van der Waals surface area contributed by atoms with Crippen LogP contribution in [0.3, 0.4) is 0 Å². The third-order valence-electron chi connectivity index (χ3n) is 22.1. The van der Waals surface area contributed by atoms with Crippen molar-refractivity contribution in [3.63, 3.8) is 0 Å². The van der Waals surface area contributed by atoms with Gasteiger partial charge in [-0.2, -0.15) is 0 Å². The fraction of sp³-hybridized carbons (Fsp3) is 0.956. The molecule has 0 aromatic heterocycles. The van der Waals surface area contributed by atoms with Gasteiger partial charge in [0, 0.05) is 25.7 Å². The van der Waals surface area contributed by atoms with Crippen molar-refractivity contribution in [1.29, 1.82) is 0 Å². The Bertz CT molecular complexity index is 2120. The fourth-order valence-electron chi connectivity index (χ4n) is 14.2. The molecule has 0 aliphatic heterocycles. The molecule has 110 heavy (non-hydrogen) atoms. The van der Waals surface area contributed by atoms with Crippen molar-refractivity contribution >= 4 is 39.5 Å². The zero-order valence-electron chi connectivity index (χ0n) is 72.7. The van der Waals surface area contributed by atoms with Crippen LogP contribution in [0.4, 0.5) is 0 Å². The predicted molar refractivity (Wildman–Crippen MR) is 455 cm³/mol. The number of phosphoric acid groups is 2. The number of esters is 4. The third kappa shape index (κ3) is 81.2. The summed E-state index contributed by atoms with van der Waals surface area (Å²) in [7, 11) is -9.94. The number of phosphoric ester groups is 2. The van der Waals surface area contributed by atoms with Crippen LogP contribution in [0.25, 0.3) is 0 Å². The van der Waals surface area contributed by atoms with E-state index in [1.165, 1.54) is 289 Å². The summed E-state index contributed by atoms with van der Waals surface area (Å²) < 4.78 is 69.0. The SMILES string of the molecule is CCCCCCCCCCCCCCCCCCCCCCC(=O)OC[C@H](COP(=O)(O)OC[C@@H](O)COP(=O)(O)OC[C@@H](COC(=O)CCCCCCCCCC(C)C)OC(=O)CCCCCCCCCCCCCCCCC(C)CC)OC(=O)CCCCCCCCCCCCCCCCCCCCC(C)CC. The second kappa shape index (κ2) is 80.8. The van der Waals surface area contributed by atoms with Gasteiger partial charge in [-0.1, -0.05) is 434 Å². The summed E-state index contributed by atoms with van der Waals surface area (Å²) in [5.41, 5.74) is 0. The Labute approximate surface area is 677 Å². The summed E-state index contributed by atoms with van der Waals surface area (Å²) in [4.78, 5) is 73.4. The number of rotatable bonds is 89. The van der Waals surface area contributed by atoms with Gasteiger partial charge in [-0.05, 0) is 43.4 Å². The number of carbonyl (C=O) groups is 4. The number of aliphatic hydroxyl groups excluding tert-OH is 1. The van der Waals surface area contributed by atoms with Crippen molar-refractivity contribution in [2.24, 2.45) is 17.8 Å². The number of hydrogen-bond acceptors (Lipinski definition) is 15. The summed E-state index contributed by atoms with van der Waals surface area (Å²) in [5, 5.41) is 10.7. The first-order valence-electron chi connectivity index (χ1n) is 46.9. The molecule has 19 heteroatoms. The van der Waals surface area contributed by atoms with Gasteiger partial charge in [-0.3, -0.25) is 37.3 Å². The van der Waals surface area contributed by atoms with Crippen LogP contribution in [0.1, 0.15) is 485 Å². The molecule has 0 rings (SSSR count). The Hall–Kier alpha value is -1.94. The highest BCUT2D eigenvalue weighted by Crippen LogP contribution is 2.45. The van der Waals surface area contributed by atoms with Crippen molar-refractivity contribution in [3.05, 3.63) is 0 Å². The van der Waals surface area contributed by atoms with Gasteiger partial charge in [0.15, 0.2) is 12.2 Å². The second-order valence-electron chi connectivity index (χ2n) is 33.7. The predicted octanol–water partition coefficient (Wildman–Crippen LogP) is 28.0. The molecule has 0 amide bonds. The van der Waals surface area contributed by atoms with Crippen LogP contribution < -0.4 is 0 Å². The standard InChI is InChI=1S/C91H178O17P2/c1-8-11-12-13-14-15-16-17-18-19-20-21-25-28-34-39-44-51-58-65-72-88(93)101-78-86(107-90(95)74-67-60-52-45-40-35-29-26-23-22-24-27-32-37-42-49-56-63-70-83(6)9-2)80-105-109(97,98)103-76-85(92)77-104-110(99,100)106-81-87(79-102-89(94)73-66-59-54-47-48-55-62-69-82(4)5)108-91(96)75-68-61-53-46-41-36-31-30-33-38-43-50-57-64-71-84(7)10-3/h82-87,92H,8-81H2,1-7H3,(H,97,98)(H,99,100)/t83?,84?,85-,86-,87-/m1/s1. The molecule has 0 aromatic carbocycles. The van der Waals surface area contributed by atoms with Crippen molar-refractivity contribution in [3.8, 4) is 0 Å². The summed E-state index contributed by atoms with van der Waals surface area (Å²) in [6, 6.07) is 0. The van der Waals surface area contributed by atoms with Gasteiger partial charge >= 0.3 is 39.5 Å². The minimum atomic E-state index is -4.97. The molecule has 654 valence electrons. The molecular weight excluding hydrogens is 1430 g/mol. The number of hydrogen-bond donors (Lipinski definition) is 3. The Balaban J connectivity index is 5.22. The minimum absolute atomic E-state index is 0.107. The van der Waals surface area contributed by atoms with E-state index < -0.39 is 97.5 Å². The molecule has 0 aromatic rings. The molecular formula is C91H178O17P2. The first-order valence-corrected chi connectivity index (χ1v) is 49.9. The summed E-state index contributed by atoms with van der Waals surface area (Å²) in [6.07, 6.45) is 73.7. The molecule has 0 heterocycles. The quantitative estimate of drug-likeness (QED) is 0.0222. The largest absolute Gasteiger partial charge is 0.472 e. The van der Waals surface area contributed by atoms with Crippen molar-refractivity contribution in [1.82, 2.24) is 0 Å². The van der Waals surface area contributed by atoms with Crippen molar-refractivity contribution in [2.45, 2.75) is 503 Å². The lowest BCUT2D eigenvalue weighted by molar-refractivity contribution is -0.161. The molecule has 0 saturated carbocycles. The number of unbranched alkanes of at least 4 members (excludes halogenated alkanes) is 55. The van der Waals surface area contributed by atoms with E-state index in [9.17, 15) is 43.2 Å². The van der Waals surface area contributed by atoms with E-state index >= 15 is 0 Å². The summed E-state index contributed by atoms with van der Waals surface area (Å²) >= 11 is 0. The Morgan fingerprint density at radius 3 is 0.691 bits per heavy atom. The van der Waals surface area contributed by atoms with Crippen LogP contribution in [0.15, 0.2) is 0 Å². The maximum atomic E-state index is 13.2. The first kappa shape index (κ1) is 108. The average molecular weight is 1610 g/mol. The molecule has 0 saturated heterocycles. The maximum absolute atomic E-state index is 13.2. The van der Waals surface area contributed by atoms with Gasteiger partial charge in [-0.25, -0.2) is 9.13 Å². The van der Waals surface area contributed by atoms with E-state index in [1.807, 2.05) is 0 Å². The van der Waals surface area contributed by atoms with E-state index in [2.05, 4.69) is 48.5 Å². The molecule has 0 bridgehead atoms. The normalized spacial score (nSPS) is 14.3. The number of carbonyl (C=O) groups excluding carboxylic acids is 4. The molecule has 0 spiro atoms. The number of aliphatic hydroxyl groups is 1. The Morgan fingerprint density at radius 1 is 0.264 bits per heavy atom. The van der Waals surface area contributed by atoms with Gasteiger partial charge in [0.05, 0.1) is 26.4 Å². The Kier molecular flexibility index (Phi) is 79.4. The Morgan fingerprint density at radius 2 is 0.464 bits per heavy atom. The molecule has 0 aliphatic rings. The van der Waals surface area contributed by atoms with Crippen LogP contribution in [-0.2, 0) is 65.4 Å². The van der Waals surface area contributed by atoms with E-state index in [1.54, 1.807) is 0 Å². The van der Waals surface area contributed by atoms with Crippen molar-refractivity contribution in [2.75, 3.05) is 39.6 Å². The third-order valence-corrected chi connectivity index (χ3v) is 24.0.